The van der Waals surface area contributed by atoms with E-state index in [1.165, 1.54) is 19.3 Å². The Bertz CT molecular complexity index is 214. The highest BCUT2D eigenvalue weighted by Gasteiger charge is 2.38. The molecule has 0 nitrogen and oxygen atoms in total. The predicted octanol–water partition coefficient (Wildman–Crippen LogP) is 6.40. The summed E-state index contributed by atoms with van der Waals surface area (Å²) in [5, 5.41) is 0. The van der Waals surface area contributed by atoms with Gasteiger partial charge in [0.2, 0.25) is 0 Å². The van der Waals surface area contributed by atoms with Crippen LogP contribution in [0.3, 0.4) is 0 Å². The molecule has 18 heavy (non-hydrogen) atoms. The van der Waals surface area contributed by atoms with Crippen molar-refractivity contribution in [2.24, 2.45) is 35.0 Å². The minimum Gasteiger partial charge on any atom is -0.0651 e. The van der Waals surface area contributed by atoms with Gasteiger partial charge in [0.15, 0.2) is 0 Å². The van der Waals surface area contributed by atoms with Crippen molar-refractivity contribution in [3.63, 3.8) is 0 Å². The summed E-state index contributed by atoms with van der Waals surface area (Å²) in [6, 6.07) is 0. The average molecular weight is 255 g/mol. The summed E-state index contributed by atoms with van der Waals surface area (Å²) in [5.41, 5.74) is 0.456. The normalized spacial score (nSPS) is 19.7. The van der Waals surface area contributed by atoms with E-state index in [4.69, 9.17) is 0 Å². The fourth-order valence-corrected chi connectivity index (χ4v) is 3.63. The van der Waals surface area contributed by atoms with Gasteiger partial charge < -0.3 is 0 Å². The Kier molecular flexibility index (Phi) is 7.56. The molecule has 110 valence electrons. The van der Waals surface area contributed by atoms with Crippen LogP contribution in [0.5, 0.6) is 0 Å². The van der Waals surface area contributed by atoms with E-state index < -0.39 is 0 Å². The first-order chi connectivity index (χ1) is 8.23. The Morgan fingerprint density at radius 2 is 1.28 bits per heavy atom. The molecule has 0 aromatic rings. The van der Waals surface area contributed by atoms with E-state index in [-0.39, 0.29) is 0 Å². The van der Waals surface area contributed by atoms with Crippen LogP contribution in [-0.2, 0) is 0 Å². The molecule has 0 aromatic heterocycles. The van der Waals surface area contributed by atoms with Crippen LogP contribution < -0.4 is 0 Å². The number of hydrogen-bond acceptors (Lipinski definition) is 0. The smallest absolute Gasteiger partial charge is 0.0300 e. The molecule has 0 aromatic carbocycles. The van der Waals surface area contributed by atoms with Crippen molar-refractivity contribution in [2.45, 2.75) is 81.6 Å². The summed E-state index contributed by atoms with van der Waals surface area (Å²) in [6.45, 7) is 21.8. The van der Waals surface area contributed by atoms with Gasteiger partial charge in [-0.05, 0) is 35.0 Å². The second kappa shape index (κ2) is 7.56. The van der Waals surface area contributed by atoms with Gasteiger partial charge in [-0.15, -0.1) is 0 Å². The zero-order chi connectivity index (χ0) is 14.5. The highest BCUT2D eigenvalue weighted by Crippen LogP contribution is 2.46. The summed E-state index contributed by atoms with van der Waals surface area (Å²) in [4.78, 5) is 0. The van der Waals surface area contributed by atoms with Gasteiger partial charge in [0.05, 0.1) is 0 Å². The fraction of sp³-hybridized carbons (Fsp3) is 1.00. The van der Waals surface area contributed by atoms with E-state index in [1.807, 2.05) is 0 Å². The van der Waals surface area contributed by atoms with Crippen molar-refractivity contribution in [1.29, 1.82) is 0 Å². The molecule has 0 radical (unpaired) electrons. The van der Waals surface area contributed by atoms with Gasteiger partial charge in [-0.1, -0.05) is 81.6 Å². The van der Waals surface area contributed by atoms with E-state index in [2.05, 4.69) is 62.3 Å². The van der Waals surface area contributed by atoms with Gasteiger partial charge in [-0.25, -0.2) is 0 Å². The summed E-state index contributed by atoms with van der Waals surface area (Å²) in [7, 11) is 0. The van der Waals surface area contributed by atoms with Gasteiger partial charge in [-0.3, -0.25) is 0 Å². The maximum atomic E-state index is 2.49. The van der Waals surface area contributed by atoms with E-state index in [1.54, 1.807) is 0 Å². The molecule has 0 aliphatic rings. The van der Waals surface area contributed by atoms with Crippen molar-refractivity contribution in [3.8, 4) is 0 Å². The van der Waals surface area contributed by atoms with Gasteiger partial charge in [0, 0.05) is 0 Å². The maximum absolute atomic E-state index is 2.49. The van der Waals surface area contributed by atoms with Crippen LogP contribution >= 0.6 is 0 Å². The molecule has 0 saturated carbocycles. The zero-order valence-corrected chi connectivity index (χ0v) is 14.5. The Balaban J connectivity index is 5.10. The van der Waals surface area contributed by atoms with Crippen molar-refractivity contribution in [2.75, 3.05) is 0 Å². The molecule has 0 rings (SSSR count). The van der Waals surface area contributed by atoms with Crippen molar-refractivity contribution >= 4 is 0 Å². The molecule has 4 unspecified atom stereocenters. The van der Waals surface area contributed by atoms with E-state index in [0.717, 1.165) is 29.6 Å². The van der Waals surface area contributed by atoms with Crippen LogP contribution in [0.15, 0.2) is 0 Å². The quantitative estimate of drug-likeness (QED) is 0.470. The molecule has 0 aliphatic carbocycles. The van der Waals surface area contributed by atoms with Crippen LogP contribution in [-0.4, -0.2) is 0 Å². The molecular formula is C18H38. The molecule has 0 saturated heterocycles. The van der Waals surface area contributed by atoms with Crippen LogP contribution in [0.1, 0.15) is 81.6 Å². The van der Waals surface area contributed by atoms with Crippen molar-refractivity contribution in [3.05, 3.63) is 0 Å². The molecule has 0 N–H and O–H groups in total. The van der Waals surface area contributed by atoms with E-state index in [9.17, 15) is 0 Å². The molecule has 0 aliphatic heterocycles. The summed E-state index contributed by atoms with van der Waals surface area (Å²) in [6.07, 6.45) is 3.97. The monoisotopic (exact) mass is 254 g/mol. The molecule has 0 heteroatoms. The molecule has 0 bridgehead atoms. The molecule has 0 amide bonds. The topological polar surface area (TPSA) is 0 Å². The second-order valence-electron chi connectivity index (χ2n) is 7.31. The molecule has 0 fully saturated rings. The van der Waals surface area contributed by atoms with Crippen LogP contribution in [0, 0.1) is 35.0 Å². The lowest BCUT2D eigenvalue weighted by atomic mass is 9.60. The minimum atomic E-state index is 0.456. The summed E-state index contributed by atoms with van der Waals surface area (Å²) >= 11 is 0. The minimum absolute atomic E-state index is 0.456. The third kappa shape index (κ3) is 4.00. The van der Waals surface area contributed by atoms with Crippen LogP contribution in [0.2, 0.25) is 0 Å². The van der Waals surface area contributed by atoms with Gasteiger partial charge in [0.25, 0.3) is 0 Å². The van der Waals surface area contributed by atoms with E-state index in [0.29, 0.717) is 5.41 Å². The van der Waals surface area contributed by atoms with Crippen molar-refractivity contribution in [1.82, 2.24) is 0 Å². The first-order valence-corrected chi connectivity index (χ1v) is 8.23. The molecule has 0 spiro atoms. The Morgan fingerprint density at radius 1 is 0.778 bits per heavy atom. The van der Waals surface area contributed by atoms with Crippen molar-refractivity contribution < 1.29 is 0 Å². The van der Waals surface area contributed by atoms with Crippen LogP contribution in [0.25, 0.3) is 0 Å². The van der Waals surface area contributed by atoms with Gasteiger partial charge in [-0.2, -0.15) is 0 Å². The Morgan fingerprint density at radius 3 is 1.56 bits per heavy atom. The lowest BCUT2D eigenvalue weighted by molar-refractivity contribution is 0.0380. The molecular weight excluding hydrogens is 216 g/mol. The SMILES string of the molecule is CCC(C)C(C)C(CC)C(CC)C(C)(C)C(C)C. The largest absolute Gasteiger partial charge is 0.0651 e. The lowest BCUT2D eigenvalue weighted by Gasteiger charge is -2.45. The lowest BCUT2D eigenvalue weighted by Crippen LogP contribution is -2.38. The first kappa shape index (κ1) is 18.0. The first-order valence-electron chi connectivity index (χ1n) is 8.23. The highest BCUT2D eigenvalue weighted by molar-refractivity contribution is 4.87. The predicted molar refractivity (Wildman–Crippen MR) is 84.8 cm³/mol. The summed E-state index contributed by atoms with van der Waals surface area (Å²) < 4.78 is 0. The standard InChI is InChI=1S/C18H38/c1-10-14(6)15(7)16(11-2)17(12-3)18(8,9)13(4)5/h13-17H,10-12H2,1-9H3. The number of rotatable bonds is 8. The fourth-order valence-electron chi connectivity index (χ4n) is 3.63. The second-order valence-corrected chi connectivity index (χ2v) is 7.31. The average Bonchev–Trinajstić information content (AvgIpc) is 2.33. The van der Waals surface area contributed by atoms with Crippen LogP contribution in [0.4, 0.5) is 0 Å². The van der Waals surface area contributed by atoms with E-state index >= 15 is 0 Å². The van der Waals surface area contributed by atoms with Gasteiger partial charge >= 0.3 is 0 Å². The number of hydrogen-bond donors (Lipinski definition) is 0. The summed E-state index contributed by atoms with van der Waals surface area (Å²) in [5.74, 6) is 4.20. The van der Waals surface area contributed by atoms with Gasteiger partial charge in [0.1, 0.15) is 0 Å². The maximum Gasteiger partial charge on any atom is -0.0300 e. The molecule has 0 heterocycles. The zero-order valence-electron chi connectivity index (χ0n) is 14.5. The Labute approximate surface area is 117 Å². The Hall–Kier alpha value is 0. The third-order valence-electron chi connectivity index (χ3n) is 6.09. The molecule has 4 atom stereocenters. The highest BCUT2D eigenvalue weighted by atomic mass is 14.4. The third-order valence-corrected chi connectivity index (χ3v) is 6.09.